The zero-order valence-corrected chi connectivity index (χ0v) is 17.0. The van der Waals surface area contributed by atoms with Crippen molar-refractivity contribution < 1.29 is 13.2 Å². The van der Waals surface area contributed by atoms with Crippen molar-refractivity contribution in [3.8, 4) is 0 Å². The Hall–Kier alpha value is -2.54. The fourth-order valence-corrected chi connectivity index (χ4v) is 5.12. The van der Waals surface area contributed by atoms with E-state index in [-0.39, 0.29) is 4.90 Å². The largest absolute Gasteiger partial charge is 0.378 e. The van der Waals surface area contributed by atoms with Crippen molar-refractivity contribution >= 4 is 27.4 Å². The Morgan fingerprint density at radius 3 is 2.04 bits per heavy atom. The number of hydrogen-bond acceptors (Lipinski definition) is 4. The number of nitrogens with zero attached hydrogens (tertiary/aromatic N) is 1. The number of carbonyl (C=O) groups excluding carboxylic acids is 1. The Balaban J connectivity index is 1.55. The first-order chi connectivity index (χ1) is 13.3. The number of urea groups is 1. The Morgan fingerprint density at radius 1 is 0.929 bits per heavy atom. The van der Waals surface area contributed by atoms with Crippen LogP contribution in [0.25, 0.3) is 0 Å². The lowest BCUT2D eigenvalue weighted by Gasteiger charge is -2.17. The van der Waals surface area contributed by atoms with E-state index < -0.39 is 16.1 Å². The fourth-order valence-electron chi connectivity index (χ4n) is 4.21. The van der Waals surface area contributed by atoms with Gasteiger partial charge in [0.15, 0.2) is 0 Å². The maximum Gasteiger partial charge on any atom is 0.333 e. The molecule has 6 nitrogen and oxygen atoms in total. The number of benzene rings is 2. The summed E-state index contributed by atoms with van der Waals surface area (Å²) in [6, 6.07) is 8.00. The quantitative estimate of drug-likeness (QED) is 0.827. The number of anilines is 2. The minimum absolute atomic E-state index is 0.0665. The van der Waals surface area contributed by atoms with E-state index >= 15 is 0 Å². The molecule has 4 rings (SSSR count). The highest BCUT2D eigenvalue weighted by Gasteiger charge is 2.26. The zero-order chi connectivity index (χ0) is 19.9. The molecule has 2 N–H and O–H groups in total. The minimum Gasteiger partial charge on any atom is -0.378 e. The van der Waals surface area contributed by atoms with Gasteiger partial charge in [-0.1, -0.05) is 6.07 Å². The molecule has 0 aliphatic heterocycles. The number of nitrogens with one attached hydrogen (secondary N) is 2. The molecular formula is C21H25N3O3S. The molecule has 0 bridgehead atoms. The topological polar surface area (TPSA) is 78.5 Å². The van der Waals surface area contributed by atoms with Gasteiger partial charge in [-0.2, -0.15) is 0 Å². The van der Waals surface area contributed by atoms with E-state index in [4.69, 9.17) is 0 Å². The highest BCUT2D eigenvalue weighted by Crippen LogP contribution is 2.38. The van der Waals surface area contributed by atoms with Crippen molar-refractivity contribution in [2.75, 3.05) is 24.3 Å². The number of fused-ring (bicyclic) bond motifs is 2. The third-order valence-electron chi connectivity index (χ3n) is 5.60. The molecular weight excluding hydrogens is 374 g/mol. The molecule has 0 radical (unpaired) electrons. The molecule has 2 aliphatic carbocycles. The van der Waals surface area contributed by atoms with E-state index in [9.17, 15) is 13.2 Å². The maximum absolute atomic E-state index is 12.6. The van der Waals surface area contributed by atoms with Gasteiger partial charge in [0.25, 0.3) is 10.0 Å². The maximum atomic E-state index is 12.6. The second-order valence-corrected chi connectivity index (χ2v) is 9.36. The molecule has 2 amide bonds. The van der Waals surface area contributed by atoms with Crippen LogP contribution >= 0.6 is 0 Å². The van der Waals surface area contributed by atoms with E-state index in [1.165, 1.54) is 34.4 Å². The van der Waals surface area contributed by atoms with E-state index in [1.54, 1.807) is 12.1 Å². The first-order valence-electron chi connectivity index (χ1n) is 9.63. The standard InChI is InChI=1S/C21H25N3O3S/c1-24(2)16-9-11-17(12-10-16)28(26,27)23-21(25)22-20-18-7-3-5-14(18)13-15-6-4-8-19(15)20/h9-13H,3-8H2,1-2H3,(H2,22,23,25). The average molecular weight is 400 g/mol. The summed E-state index contributed by atoms with van der Waals surface area (Å²) in [7, 11) is -0.169. The number of carbonyl (C=O) groups is 1. The highest BCUT2D eigenvalue weighted by atomic mass is 32.2. The van der Waals surface area contributed by atoms with Crippen LogP contribution in [-0.2, 0) is 35.7 Å². The molecule has 0 heterocycles. The van der Waals surface area contributed by atoms with E-state index in [2.05, 4.69) is 16.1 Å². The van der Waals surface area contributed by atoms with Crippen molar-refractivity contribution in [3.63, 3.8) is 0 Å². The van der Waals surface area contributed by atoms with Gasteiger partial charge in [0.05, 0.1) is 4.90 Å². The average Bonchev–Trinajstić information content (AvgIpc) is 3.30. The minimum atomic E-state index is -3.93. The lowest BCUT2D eigenvalue weighted by Crippen LogP contribution is -2.35. The van der Waals surface area contributed by atoms with Gasteiger partial charge >= 0.3 is 6.03 Å². The smallest absolute Gasteiger partial charge is 0.333 e. The Morgan fingerprint density at radius 2 is 1.50 bits per heavy atom. The molecule has 0 saturated heterocycles. The predicted octanol–water partition coefficient (Wildman–Crippen LogP) is 3.24. The molecule has 7 heteroatoms. The Labute approximate surface area is 166 Å². The molecule has 0 spiro atoms. The van der Waals surface area contributed by atoms with Crippen LogP contribution in [-0.4, -0.2) is 28.5 Å². The molecule has 0 saturated carbocycles. The van der Waals surface area contributed by atoms with Gasteiger partial charge in [-0.3, -0.25) is 0 Å². The lowest BCUT2D eigenvalue weighted by atomic mass is 9.99. The van der Waals surface area contributed by atoms with E-state index in [0.717, 1.165) is 49.9 Å². The van der Waals surface area contributed by atoms with E-state index in [0.29, 0.717) is 0 Å². The van der Waals surface area contributed by atoms with Crippen molar-refractivity contribution in [1.82, 2.24) is 4.72 Å². The lowest BCUT2D eigenvalue weighted by molar-refractivity contribution is 0.256. The first-order valence-corrected chi connectivity index (χ1v) is 11.1. The molecule has 0 aromatic heterocycles. The Bertz CT molecular complexity index is 996. The number of rotatable bonds is 4. The summed E-state index contributed by atoms with van der Waals surface area (Å²) < 4.78 is 27.4. The van der Waals surface area contributed by atoms with Crippen LogP contribution in [0.15, 0.2) is 35.2 Å². The summed E-state index contributed by atoms with van der Waals surface area (Å²) in [6.07, 6.45) is 6.05. The number of amides is 2. The summed E-state index contributed by atoms with van der Waals surface area (Å²) in [5, 5.41) is 2.86. The second-order valence-electron chi connectivity index (χ2n) is 7.68. The van der Waals surface area contributed by atoms with Gasteiger partial charge in [0.1, 0.15) is 0 Å². The van der Waals surface area contributed by atoms with Gasteiger partial charge in [0, 0.05) is 25.5 Å². The molecule has 2 aromatic carbocycles. The predicted molar refractivity (Wildman–Crippen MR) is 111 cm³/mol. The van der Waals surface area contributed by atoms with Crippen molar-refractivity contribution in [3.05, 3.63) is 52.6 Å². The summed E-state index contributed by atoms with van der Waals surface area (Å²) >= 11 is 0. The van der Waals surface area contributed by atoms with Crippen LogP contribution in [0, 0.1) is 0 Å². The normalized spacial score (nSPS) is 15.1. The SMILES string of the molecule is CN(C)c1ccc(S(=O)(=O)NC(=O)Nc2c3c(cc4c2CCC4)CCC3)cc1. The number of hydrogen-bond donors (Lipinski definition) is 2. The van der Waals surface area contributed by atoms with Crippen molar-refractivity contribution in [2.24, 2.45) is 0 Å². The van der Waals surface area contributed by atoms with Gasteiger partial charge in [-0.05, 0) is 85.0 Å². The van der Waals surface area contributed by atoms with Crippen LogP contribution < -0.4 is 14.9 Å². The van der Waals surface area contributed by atoms with Crippen LogP contribution in [0.4, 0.5) is 16.2 Å². The van der Waals surface area contributed by atoms with Crippen LogP contribution in [0.1, 0.15) is 35.1 Å². The molecule has 0 unspecified atom stereocenters. The van der Waals surface area contributed by atoms with Gasteiger partial charge < -0.3 is 10.2 Å². The molecule has 2 aromatic rings. The Kier molecular flexibility index (Phi) is 4.79. The van der Waals surface area contributed by atoms with Crippen molar-refractivity contribution in [1.29, 1.82) is 0 Å². The summed E-state index contributed by atoms with van der Waals surface area (Å²) in [5.74, 6) is 0. The third-order valence-corrected chi connectivity index (χ3v) is 6.95. The third kappa shape index (κ3) is 3.46. The second kappa shape index (κ2) is 7.13. The van der Waals surface area contributed by atoms with Gasteiger partial charge in [-0.15, -0.1) is 0 Å². The molecule has 2 aliphatic rings. The summed E-state index contributed by atoms with van der Waals surface area (Å²) in [6.45, 7) is 0. The number of aryl methyl sites for hydroxylation is 2. The fraction of sp³-hybridized carbons (Fsp3) is 0.381. The van der Waals surface area contributed by atoms with Crippen molar-refractivity contribution in [2.45, 2.75) is 43.4 Å². The zero-order valence-electron chi connectivity index (χ0n) is 16.2. The van der Waals surface area contributed by atoms with Gasteiger partial charge in [-0.25, -0.2) is 17.9 Å². The van der Waals surface area contributed by atoms with Crippen LogP contribution in [0.5, 0.6) is 0 Å². The summed E-state index contributed by atoms with van der Waals surface area (Å²) in [5.41, 5.74) is 6.64. The molecule has 0 fully saturated rings. The number of sulfonamides is 1. The highest BCUT2D eigenvalue weighted by molar-refractivity contribution is 7.90. The molecule has 0 atom stereocenters. The van der Waals surface area contributed by atoms with Crippen LogP contribution in [0.3, 0.4) is 0 Å². The molecule has 148 valence electrons. The van der Waals surface area contributed by atoms with E-state index in [1.807, 2.05) is 19.0 Å². The first kappa shape index (κ1) is 18.8. The summed E-state index contributed by atoms with van der Waals surface area (Å²) in [4.78, 5) is 14.5. The van der Waals surface area contributed by atoms with Gasteiger partial charge in [0.2, 0.25) is 0 Å². The monoisotopic (exact) mass is 399 g/mol. The van der Waals surface area contributed by atoms with Crippen LogP contribution in [0.2, 0.25) is 0 Å². The molecule has 28 heavy (non-hydrogen) atoms.